The van der Waals surface area contributed by atoms with Crippen molar-refractivity contribution in [3.05, 3.63) is 36.4 Å². The molecule has 1 unspecified atom stereocenters. The second-order valence-electron chi connectivity index (χ2n) is 1.25. The second-order valence-corrected chi connectivity index (χ2v) is 1.43. The van der Waals surface area contributed by atoms with Gasteiger partial charge in [0.15, 0.2) is 0 Å². The van der Waals surface area contributed by atoms with Gasteiger partial charge in [0, 0.05) is 0 Å². The number of halogens is 2. The molecule has 5 heteroatoms. The first-order valence-corrected chi connectivity index (χ1v) is 3.28. The molecule has 0 bridgehead atoms. The van der Waals surface area contributed by atoms with Crippen molar-refractivity contribution in [3.63, 3.8) is 0 Å². The van der Waals surface area contributed by atoms with E-state index >= 15 is 0 Å². The summed E-state index contributed by atoms with van der Waals surface area (Å²) in [6.45, 7) is 0. The summed E-state index contributed by atoms with van der Waals surface area (Å²) in [5.41, 5.74) is 0. The van der Waals surface area contributed by atoms with Crippen molar-refractivity contribution in [2.24, 2.45) is 0 Å². The molecule has 0 aliphatic rings. The molecule has 0 aliphatic heterocycles. The van der Waals surface area contributed by atoms with E-state index in [1.54, 1.807) is 0 Å². The highest BCUT2D eigenvalue weighted by molar-refractivity contribution is 7.16. The van der Waals surface area contributed by atoms with Crippen LogP contribution in [-0.4, -0.2) is 4.89 Å². The summed E-state index contributed by atoms with van der Waals surface area (Å²) in [6.07, 6.45) is 0. The highest BCUT2D eigenvalue weighted by Gasteiger charge is 1.57. The third-order valence-electron chi connectivity index (χ3n) is 0.667. The van der Waals surface area contributed by atoms with E-state index in [1.807, 2.05) is 36.4 Å². The Bertz CT molecular complexity index is 122. The fourth-order valence-electron chi connectivity index (χ4n) is 0.385. The van der Waals surface area contributed by atoms with Crippen LogP contribution in [0.1, 0.15) is 0 Å². The summed E-state index contributed by atoms with van der Waals surface area (Å²) < 4.78 is 8.51. The molecule has 2 nitrogen and oxygen atoms in total. The van der Waals surface area contributed by atoms with Crippen LogP contribution in [-0.2, 0) is 4.57 Å². The Kier molecular flexibility index (Phi) is 25.6. The molecule has 1 atom stereocenters. The van der Waals surface area contributed by atoms with Crippen molar-refractivity contribution < 1.29 is 9.46 Å². The molecular formula is C6H10Cl2O2P+. The lowest BCUT2D eigenvalue weighted by atomic mass is 10.4. The molecule has 0 amide bonds. The molecule has 1 aromatic rings. The molecule has 0 fully saturated rings. The van der Waals surface area contributed by atoms with Crippen LogP contribution in [0.5, 0.6) is 0 Å². The summed E-state index contributed by atoms with van der Waals surface area (Å²) in [7, 11) is -1.17. The molecule has 0 radical (unpaired) electrons. The maximum atomic E-state index is 8.51. The van der Waals surface area contributed by atoms with Crippen molar-refractivity contribution in [1.82, 2.24) is 0 Å². The second kappa shape index (κ2) is 16.4. The lowest BCUT2D eigenvalue weighted by Crippen LogP contribution is -1.47. The maximum absolute atomic E-state index is 8.51. The predicted molar refractivity (Wildman–Crippen MR) is 52.2 cm³/mol. The van der Waals surface area contributed by atoms with Gasteiger partial charge < -0.3 is 0 Å². The van der Waals surface area contributed by atoms with Crippen molar-refractivity contribution in [2.45, 2.75) is 0 Å². The fourth-order valence-corrected chi connectivity index (χ4v) is 0.385. The molecule has 1 N–H and O–H groups in total. The number of rotatable bonds is 0. The summed E-state index contributed by atoms with van der Waals surface area (Å²) in [5, 5.41) is 0. The summed E-state index contributed by atoms with van der Waals surface area (Å²) >= 11 is 0. The zero-order valence-corrected chi connectivity index (χ0v) is 8.27. The van der Waals surface area contributed by atoms with E-state index < -0.39 is 8.69 Å². The van der Waals surface area contributed by atoms with Crippen LogP contribution < -0.4 is 0 Å². The van der Waals surface area contributed by atoms with E-state index in [4.69, 9.17) is 9.46 Å². The van der Waals surface area contributed by atoms with Crippen LogP contribution >= 0.6 is 33.5 Å². The maximum Gasteiger partial charge on any atom is 0.491 e. The lowest BCUT2D eigenvalue weighted by molar-refractivity contribution is 0.524. The van der Waals surface area contributed by atoms with Gasteiger partial charge >= 0.3 is 8.69 Å². The van der Waals surface area contributed by atoms with Crippen molar-refractivity contribution in [1.29, 1.82) is 0 Å². The van der Waals surface area contributed by atoms with Crippen molar-refractivity contribution in [2.75, 3.05) is 0 Å². The fraction of sp³-hybridized carbons (Fsp3) is 0. The van der Waals surface area contributed by atoms with Crippen LogP contribution in [0.25, 0.3) is 0 Å². The Balaban J connectivity index is -0.000000116. The molecule has 64 valence electrons. The van der Waals surface area contributed by atoms with Crippen molar-refractivity contribution >= 4 is 33.5 Å². The molecule has 0 heterocycles. The van der Waals surface area contributed by atoms with E-state index in [0.717, 1.165) is 0 Å². The third-order valence-corrected chi connectivity index (χ3v) is 0.667. The molecule has 0 spiro atoms. The Labute approximate surface area is 79.7 Å². The average molecular weight is 216 g/mol. The number of hydrogen-bond acceptors (Lipinski definition) is 1. The summed E-state index contributed by atoms with van der Waals surface area (Å²) in [5.74, 6) is 0. The highest BCUT2D eigenvalue weighted by Crippen LogP contribution is 1.79. The smallest absolute Gasteiger partial charge is 0.162 e. The van der Waals surface area contributed by atoms with Crippen LogP contribution in [0, 0.1) is 0 Å². The zero-order valence-electron chi connectivity index (χ0n) is 5.64. The normalized spacial score (nSPS) is 6.27. The SMILES string of the molecule is Cl.Cl.O=[PH+]O.c1ccccc1. The minimum atomic E-state index is -1.17. The molecule has 0 saturated heterocycles. The highest BCUT2D eigenvalue weighted by atomic mass is 35.5. The topological polar surface area (TPSA) is 37.3 Å². The molecular weight excluding hydrogens is 206 g/mol. The van der Waals surface area contributed by atoms with Gasteiger partial charge in [-0.15, -0.1) is 24.8 Å². The predicted octanol–water partition coefficient (Wildman–Crippen LogP) is 2.45. The first-order chi connectivity index (χ1) is 4.41. The van der Waals surface area contributed by atoms with Crippen LogP contribution in [0.3, 0.4) is 0 Å². The van der Waals surface area contributed by atoms with Crippen LogP contribution in [0.4, 0.5) is 0 Å². The minimum Gasteiger partial charge on any atom is -0.162 e. The van der Waals surface area contributed by atoms with E-state index in [0.29, 0.717) is 0 Å². The van der Waals surface area contributed by atoms with Crippen molar-refractivity contribution in [3.8, 4) is 0 Å². The van der Waals surface area contributed by atoms with E-state index in [1.165, 1.54) is 0 Å². The van der Waals surface area contributed by atoms with Gasteiger partial charge in [0.05, 0.1) is 0 Å². The Morgan fingerprint density at radius 1 is 0.818 bits per heavy atom. The third kappa shape index (κ3) is 17.7. The number of hydrogen-bond donors (Lipinski definition) is 1. The Morgan fingerprint density at radius 2 is 0.909 bits per heavy atom. The lowest BCUT2D eigenvalue weighted by Gasteiger charge is -1.69. The van der Waals surface area contributed by atoms with Gasteiger partial charge in [-0.2, -0.15) is 4.89 Å². The standard InChI is InChI=1S/C6H6.2ClH.HO2P/c1-2-4-6-5-3-1;;;1-3-2/h1-6H;2*1H;3H/p+1. The molecule has 0 aliphatic carbocycles. The van der Waals surface area contributed by atoms with Gasteiger partial charge in [-0.25, -0.2) is 0 Å². The Hall–Kier alpha value is -0.140. The quantitative estimate of drug-likeness (QED) is 0.676. The van der Waals surface area contributed by atoms with Gasteiger partial charge in [-0.05, 0) is 4.57 Å². The van der Waals surface area contributed by atoms with Crippen LogP contribution in [0.15, 0.2) is 36.4 Å². The molecule has 1 rings (SSSR count). The van der Waals surface area contributed by atoms with E-state index in [-0.39, 0.29) is 24.8 Å². The van der Waals surface area contributed by atoms with Gasteiger partial charge in [-0.3, -0.25) is 0 Å². The van der Waals surface area contributed by atoms with Gasteiger partial charge in [0.2, 0.25) is 0 Å². The molecule has 0 saturated carbocycles. The summed E-state index contributed by atoms with van der Waals surface area (Å²) in [6, 6.07) is 12.0. The Morgan fingerprint density at radius 3 is 1.00 bits per heavy atom. The molecule has 11 heavy (non-hydrogen) atoms. The van der Waals surface area contributed by atoms with E-state index in [9.17, 15) is 0 Å². The van der Waals surface area contributed by atoms with Crippen LogP contribution in [0.2, 0.25) is 0 Å². The molecule has 1 aromatic carbocycles. The average Bonchev–Trinajstić information content (AvgIpc) is 1.93. The number of benzene rings is 1. The minimum absolute atomic E-state index is 0. The largest absolute Gasteiger partial charge is 0.491 e. The van der Waals surface area contributed by atoms with Gasteiger partial charge in [0.1, 0.15) is 0 Å². The monoisotopic (exact) mass is 215 g/mol. The molecule has 0 aromatic heterocycles. The first-order valence-electron chi connectivity index (χ1n) is 2.43. The first kappa shape index (κ1) is 17.1. The summed E-state index contributed by atoms with van der Waals surface area (Å²) in [4.78, 5) is 7.04. The van der Waals surface area contributed by atoms with Gasteiger partial charge in [0.25, 0.3) is 0 Å². The van der Waals surface area contributed by atoms with Gasteiger partial charge in [-0.1, -0.05) is 36.4 Å². The van der Waals surface area contributed by atoms with E-state index in [2.05, 4.69) is 0 Å². The zero-order chi connectivity index (χ0) is 6.95.